The molecule has 3 atom stereocenters. The zero-order chi connectivity index (χ0) is 23.4. The molecular formula is C28H32N2O2S. The Morgan fingerprint density at radius 2 is 1.73 bits per heavy atom. The summed E-state index contributed by atoms with van der Waals surface area (Å²) in [6, 6.07) is 21.7. The second-order valence-corrected chi connectivity index (χ2v) is 10.3. The van der Waals surface area contributed by atoms with Crippen LogP contribution in [0.25, 0.3) is 0 Å². The lowest BCUT2D eigenvalue weighted by molar-refractivity contribution is -0.124. The number of fused-ring (bicyclic) bond motifs is 1. The number of hydrogen-bond donors (Lipinski definition) is 1. The van der Waals surface area contributed by atoms with Crippen LogP contribution in [0.3, 0.4) is 0 Å². The molecule has 4 nitrogen and oxygen atoms in total. The van der Waals surface area contributed by atoms with Gasteiger partial charge in [-0.15, -0.1) is 11.3 Å². The molecule has 2 heterocycles. The summed E-state index contributed by atoms with van der Waals surface area (Å²) in [4.78, 5) is 30.3. The van der Waals surface area contributed by atoms with E-state index < -0.39 is 5.92 Å². The van der Waals surface area contributed by atoms with E-state index in [0.29, 0.717) is 18.0 Å². The molecular weight excluding hydrogens is 428 g/mol. The molecule has 2 amide bonds. The maximum atomic E-state index is 13.8. The number of aryl methyl sites for hydroxylation is 1. The van der Waals surface area contributed by atoms with E-state index in [4.69, 9.17) is 0 Å². The van der Waals surface area contributed by atoms with Crippen molar-refractivity contribution in [3.63, 3.8) is 0 Å². The molecule has 0 saturated heterocycles. The van der Waals surface area contributed by atoms with Gasteiger partial charge in [0.05, 0.1) is 12.0 Å². The number of nitrogens with zero attached hydrogens (tertiary/aromatic N) is 1. The van der Waals surface area contributed by atoms with Crippen LogP contribution < -0.4 is 5.32 Å². The average molecular weight is 461 g/mol. The number of rotatable bonds is 8. The minimum Gasteiger partial charge on any atom is -0.353 e. The third kappa shape index (κ3) is 5.19. The first-order valence-electron chi connectivity index (χ1n) is 11.7. The first-order valence-corrected chi connectivity index (χ1v) is 12.6. The summed E-state index contributed by atoms with van der Waals surface area (Å²) in [5, 5.41) is 5.29. The highest BCUT2D eigenvalue weighted by Crippen LogP contribution is 2.44. The molecule has 0 radical (unpaired) electrons. The molecule has 4 rings (SSSR count). The number of thiophene rings is 1. The standard InChI is InChI=1S/C28H32N2O2S/c1-19(2)18-30-26(24-14-9-17-33-24)25(22-12-7-8-13-23(22)28(30)32)27(31)29-20(3)15-16-21-10-5-4-6-11-21/h4-14,17,19-20,25-26H,15-16,18H2,1-3H3,(H,29,31)/t20-,25+,26+/m1/s1. The lowest BCUT2D eigenvalue weighted by Gasteiger charge is -2.42. The molecule has 172 valence electrons. The Balaban J connectivity index is 1.63. The summed E-state index contributed by atoms with van der Waals surface area (Å²) in [6.45, 7) is 6.90. The monoisotopic (exact) mass is 460 g/mol. The van der Waals surface area contributed by atoms with E-state index in [1.54, 1.807) is 11.3 Å². The van der Waals surface area contributed by atoms with Gasteiger partial charge >= 0.3 is 0 Å². The minimum atomic E-state index is -0.435. The Morgan fingerprint density at radius 1 is 1.00 bits per heavy atom. The third-order valence-corrected chi connectivity index (χ3v) is 7.16. The van der Waals surface area contributed by atoms with Gasteiger partial charge < -0.3 is 10.2 Å². The molecule has 1 aliphatic rings. The third-order valence-electron chi connectivity index (χ3n) is 6.22. The molecule has 1 N–H and O–H groups in total. The molecule has 5 heteroatoms. The maximum Gasteiger partial charge on any atom is 0.254 e. The van der Waals surface area contributed by atoms with Gasteiger partial charge in [-0.05, 0) is 54.3 Å². The summed E-state index contributed by atoms with van der Waals surface area (Å²) in [7, 11) is 0. The van der Waals surface area contributed by atoms with E-state index in [9.17, 15) is 9.59 Å². The Kier molecular flexibility index (Phi) is 7.29. The number of nitrogens with one attached hydrogen (secondary N) is 1. The van der Waals surface area contributed by atoms with Gasteiger partial charge in [0.25, 0.3) is 5.91 Å². The zero-order valence-corrected chi connectivity index (χ0v) is 20.3. The van der Waals surface area contributed by atoms with Crippen molar-refractivity contribution in [2.45, 2.75) is 51.6 Å². The van der Waals surface area contributed by atoms with Crippen molar-refractivity contribution in [3.05, 3.63) is 93.7 Å². The van der Waals surface area contributed by atoms with Crippen LogP contribution in [-0.4, -0.2) is 29.3 Å². The van der Waals surface area contributed by atoms with E-state index in [1.165, 1.54) is 5.56 Å². The lowest BCUT2D eigenvalue weighted by atomic mass is 9.81. The van der Waals surface area contributed by atoms with Crippen LogP contribution in [0.15, 0.2) is 72.1 Å². The van der Waals surface area contributed by atoms with Gasteiger partial charge in [0.1, 0.15) is 0 Å². The summed E-state index contributed by atoms with van der Waals surface area (Å²) >= 11 is 1.61. The Hall–Kier alpha value is -2.92. The highest BCUT2D eigenvalue weighted by Gasteiger charge is 2.44. The SMILES string of the molecule is CC(C)CN1C(=O)c2ccccc2[C@H](C(=O)N[C@H](C)CCc2ccccc2)[C@@H]1c1cccs1. The van der Waals surface area contributed by atoms with Gasteiger partial charge in [-0.1, -0.05) is 68.4 Å². The normalized spacial score (nSPS) is 18.8. The molecule has 3 aromatic rings. The molecule has 0 bridgehead atoms. The number of benzene rings is 2. The van der Waals surface area contributed by atoms with Crippen molar-refractivity contribution in [1.82, 2.24) is 10.2 Å². The van der Waals surface area contributed by atoms with Gasteiger partial charge in [-0.25, -0.2) is 0 Å². The number of hydrogen-bond acceptors (Lipinski definition) is 3. The summed E-state index contributed by atoms with van der Waals surface area (Å²) in [5.41, 5.74) is 2.74. The van der Waals surface area contributed by atoms with Crippen molar-refractivity contribution < 1.29 is 9.59 Å². The van der Waals surface area contributed by atoms with Gasteiger partial charge in [-0.3, -0.25) is 9.59 Å². The fourth-order valence-corrected chi connectivity index (χ4v) is 5.55. The van der Waals surface area contributed by atoms with Gasteiger partial charge in [-0.2, -0.15) is 0 Å². The van der Waals surface area contributed by atoms with E-state index in [2.05, 4.69) is 38.2 Å². The first kappa shape index (κ1) is 23.2. The van der Waals surface area contributed by atoms with Crippen molar-refractivity contribution in [3.8, 4) is 0 Å². The summed E-state index contributed by atoms with van der Waals surface area (Å²) < 4.78 is 0. The second kappa shape index (κ2) is 10.3. The van der Waals surface area contributed by atoms with Crippen LogP contribution in [0.1, 0.15) is 65.5 Å². The van der Waals surface area contributed by atoms with E-state index in [-0.39, 0.29) is 23.9 Å². The highest BCUT2D eigenvalue weighted by molar-refractivity contribution is 7.10. The Labute approximate surface area is 200 Å². The molecule has 0 fully saturated rings. The zero-order valence-electron chi connectivity index (χ0n) is 19.5. The first-order chi connectivity index (χ1) is 16.0. The van der Waals surface area contributed by atoms with Gasteiger partial charge in [0, 0.05) is 23.0 Å². The number of carbonyl (C=O) groups is 2. The largest absolute Gasteiger partial charge is 0.353 e. The summed E-state index contributed by atoms with van der Waals surface area (Å²) in [5.74, 6) is -0.132. The lowest BCUT2D eigenvalue weighted by Crippen LogP contribution is -2.49. The van der Waals surface area contributed by atoms with E-state index in [1.807, 2.05) is 64.9 Å². The molecule has 0 aliphatic carbocycles. The van der Waals surface area contributed by atoms with Crippen LogP contribution in [0.5, 0.6) is 0 Å². The predicted molar refractivity (Wildman–Crippen MR) is 134 cm³/mol. The predicted octanol–water partition coefficient (Wildman–Crippen LogP) is 5.82. The molecule has 0 saturated carbocycles. The van der Waals surface area contributed by atoms with E-state index >= 15 is 0 Å². The quantitative estimate of drug-likeness (QED) is 0.460. The highest BCUT2D eigenvalue weighted by atomic mass is 32.1. The Bertz CT molecular complexity index is 1080. The van der Waals surface area contributed by atoms with Gasteiger partial charge in [0.15, 0.2) is 0 Å². The minimum absolute atomic E-state index is 0.0114. The average Bonchev–Trinajstić information content (AvgIpc) is 3.34. The molecule has 0 unspecified atom stereocenters. The van der Waals surface area contributed by atoms with Crippen molar-refractivity contribution in [1.29, 1.82) is 0 Å². The molecule has 1 aromatic heterocycles. The molecule has 1 aliphatic heterocycles. The fourth-order valence-electron chi connectivity index (χ4n) is 4.68. The maximum absolute atomic E-state index is 13.8. The molecule has 33 heavy (non-hydrogen) atoms. The topological polar surface area (TPSA) is 49.4 Å². The van der Waals surface area contributed by atoms with Crippen LogP contribution in [-0.2, 0) is 11.2 Å². The van der Waals surface area contributed by atoms with Crippen LogP contribution in [0.2, 0.25) is 0 Å². The van der Waals surface area contributed by atoms with Crippen molar-refractivity contribution >= 4 is 23.2 Å². The van der Waals surface area contributed by atoms with Crippen LogP contribution >= 0.6 is 11.3 Å². The van der Waals surface area contributed by atoms with Gasteiger partial charge in [0.2, 0.25) is 5.91 Å². The van der Waals surface area contributed by atoms with Crippen molar-refractivity contribution in [2.75, 3.05) is 6.54 Å². The Morgan fingerprint density at radius 3 is 2.42 bits per heavy atom. The molecule has 2 aromatic carbocycles. The van der Waals surface area contributed by atoms with Crippen molar-refractivity contribution in [2.24, 2.45) is 5.92 Å². The van der Waals surface area contributed by atoms with Crippen LogP contribution in [0, 0.1) is 5.92 Å². The van der Waals surface area contributed by atoms with Crippen LogP contribution in [0.4, 0.5) is 0 Å². The number of amides is 2. The van der Waals surface area contributed by atoms with E-state index in [0.717, 1.165) is 23.3 Å². The second-order valence-electron chi connectivity index (χ2n) is 9.31. The smallest absolute Gasteiger partial charge is 0.254 e. The fraction of sp³-hybridized carbons (Fsp3) is 0.357. The number of carbonyl (C=O) groups excluding carboxylic acids is 2. The summed E-state index contributed by atoms with van der Waals surface area (Å²) in [6.07, 6.45) is 1.78. The molecule has 0 spiro atoms.